The van der Waals surface area contributed by atoms with Crippen LogP contribution in [0.4, 0.5) is 5.69 Å². The number of hydrogen-bond acceptors (Lipinski definition) is 3. The highest BCUT2D eigenvalue weighted by Gasteiger charge is 2.26. The third-order valence-corrected chi connectivity index (χ3v) is 5.09. The van der Waals surface area contributed by atoms with Gasteiger partial charge in [-0.25, -0.2) is 8.42 Å². The second kappa shape index (κ2) is 5.28. The molecule has 0 saturated heterocycles. The monoisotopic (exact) mass is 268 g/mol. The van der Waals surface area contributed by atoms with Crippen molar-refractivity contribution in [2.75, 3.05) is 23.1 Å². The Hall–Kier alpha value is -1.07. The topological polar surface area (TPSA) is 49.4 Å². The van der Waals surface area contributed by atoms with Gasteiger partial charge >= 0.3 is 0 Å². The van der Waals surface area contributed by atoms with Crippen molar-refractivity contribution in [2.24, 2.45) is 5.92 Å². The van der Waals surface area contributed by atoms with E-state index in [-0.39, 0.29) is 11.7 Å². The molecule has 4 nitrogen and oxygen atoms in total. The number of fused-ring (bicyclic) bond motifs is 1. The maximum atomic E-state index is 12.4. The summed E-state index contributed by atoms with van der Waals surface area (Å²) in [6, 6.07) is 7.70. The van der Waals surface area contributed by atoms with Crippen molar-refractivity contribution in [1.29, 1.82) is 0 Å². The van der Waals surface area contributed by atoms with Gasteiger partial charge in [-0.05, 0) is 17.5 Å². The molecule has 1 heterocycles. The first-order valence-corrected chi connectivity index (χ1v) is 7.90. The molecule has 0 aliphatic carbocycles. The third-order valence-electron chi connectivity index (χ3n) is 2.95. The molecular formula is C13H20N2O2S. The zero-order valence-corrected chi connectivity index (χ0v) is 11.7. The summed E-state index contributed by atoms with van der Waals surface area (Å²) >= 11 is 0. The fraction of sp³-hybridized carbons (Fsp3) is 0.538. The van der Waals surface area contributed by atoms with E-state index < -0.39 is 10.0 Å². The van der Waals surface area contributed by atoms with E-state index in [0.717, 1.165) is 17.8 Å². The van der Waals surface area contributed by atoms with Crippen molar-refractivity contribution >= 4 is 15.7 Å². The van der Waals surface area contributed by atoms with Gasteiger partial charge in [0.1, 0.15) is 0 Å². The maximum absolute atomic E-state index is 12.4. The molecule has 0 saturated carbocycles. The number of anilines is 1. The standard InChI is InChI=1S/C13H20N2O2S/c1-11(2)10-18(16,17)15-8-7-14-9-12-5-3-4-6-13(12)15/h3-6,11,14H,7-10H2,1-2H3. The molecule has 0 amide bonds. The summed E-state index contributed by atoms with van der Waals surface area (Å²) in [7, 11) is -3.23. The van der Waals surface area contributed by atoms with Gasteiger partial charge in [-0.3, -0.25) is 4.31 Å². The molecule has 18 heavy (non-hydrogen) atoms. The smallest absolute Gasteiger partial charge is 0.235 e. The van der Waals surface area contributed by atoms with E-state index in [9.17, 15) is 8.42 Å². The molecule has 2 rings (SSSR count). The molecule has 0 bridgehead atoms. The maximum Gasteiger partial charge on any atom is 0.235 e. The minimum absolute atomic E-state index is 0.137. The second-order valence-electron chi connectivity index (χ2n) is 5.05. The summed E-state index contributed by atoms with van der Waals surface area (Å²) in [5, 5.41) is 3.25. The van der Waals surface area contributed by atoms with Gasteiger partial charge in [0.05, 0.1) is 11.4 Å². The van der Waals surface area contributed by atoms with Gasteiger partial charge in [0.15, 0.2) is 0 Å². The van der Waals surface area contributed by atoms with Crippen LogP contribution >= 0.6 is 0 Å². The van der Waals surface area contributed by atoms with Crippen LogP contribution in [-0.2, 0) is 16.6 Å². The lowest BCUT2D eigenvalue weighted by Gasteiger charge is -2.25. The summed E-state index contributed by atoms with van der Waals surface area (Å²) < 4.78 is 26.4. The Bertz CT molecular complexity index is 511. The van der Waals surface area contributed by atoms with Crippen molar-refractivity contribution in [3.05, 3.63) is 29.8 Å². The first-order chi connectivity index (χ1) is 8.50. The van der Waals surface area contributed by atoms with E-state index in [2.05, 4.69) is 5.32 Å². The average molecular weight is 268 g/mol. The van der Waals surface area contributed by atoms with Crippen molar-refractivity contribution in [3.8, 4) is 0 Å². The molecule has 1 N–H and O–H groups in total. The predicted molar refractivity (Wildman–Crippen MR) is 74.1 cm³/mol. The zero-order valence-electron chi connectivity index (χ0n) is 10.9. The number of rotatable bonds is 3. The molecule has 0 aromatic heterocycles. The van der Waals surface area contributed by atoms with Gasteiger partial charge in [0.25, 0.3) is 0 Å². The molecule has 1 aliphatic rings. The lowest BCUT2D eigenvalue weighted by Crippen LogP contribution is -2.37. The van der Waals surface area contributed by atoms with Gasteiger partial charge < -0.3 is 5.32 Å². The molecule has 0 unspecified atom stereocenters. The molecule has 1 aliphatic heterocycles. The number of para-hydroxylation sites is 1. The van der Waals surface area contributed by atoms with Crippen LogP contribution < -0.4 is 9.62 Å². The van der Waals surface area contributed by atoms with Crippen LogP contribution in [0.25, 0.3) is 0 Å². The summed E-state index contributed by atoms with van der Waals surface area (Å²) in [4.78, 5) is 0. The highest BCUT2D eigenvalue weighted by atomic mass is 32.2. The Morgan fingerprint density at radius 1 is 1.33 bits per heavy atom. The predicted octanol–water partition coefficient (Wildman–Crippen LogP) is 1.58. The number of sulfonamides is 1. The van der Waals surface area contributed by atoms with Crippen molar-refractivity contribution < 1.29 is 8.42 Å². The summed E-state index contributed by atoms with van der Waals surface area (Å²) in [5.74, 6) is 0.333. The molecule has 0 fully saturated rings. The van der Waals surface area contributed by atoms with Gasteiger partial charge in [0, 0.05) is 19.6 Å². The third kappa shape index (κ3) is 2.84. The van der Waals surface area contributed by atoms with Crippen LogP contribution in [0.3, 0.4) is 0 Å². The molecule has 0 spiro atoms. The SMILES string of the molecule is CC(C)CS(=O)(=O)N1CCNCc2ccccc21. The Morgan fingerprint density at radius 3 is 2.78 bits per heavy atom. The van der Waals surface area contributed by atoms with Gasteiger partial charge in [-0.15, -0.1) is 0 Å². The fourth-order valence-electron chi connectivity index (χ4n) is 2.23. The molecule has 0 radical (unpaired) electrons. The summed E-state index contributed by atoms with van der Waals surface area (Å²) in [6.07, 6.45) is 0. The highest BCUT2D eigenvalue weighted by Crippen LogP contribution is 2.25. The normalized spacial score (nSPS) is 16.5. The van der Waals surface area contributed by atoms with Crippen LogP contribution in [0.1, 0.15) is 19.4 Å². The van der Waals surface area contributed by atoms with E-state index in [1.165, 1.54) is 0 Å². The minimum Gasteiger partial charge on any atom is -0.311 e. The molecule has 1 aromatic carbocycles. The molecule has 100 valence electrons. The summed E-state index contributed by atoms with van der Waals surface area (Å²) in [5.41, 5.74) is 1.87. The number of nitrogens with zero attached hydrogens (tertiary/aromatic N) is 1. The first kappa shape index (κ1) is 13.4. The quantitative estimate of drug-likeness (QED) is 0.905. The van der Waals surface area contributed by atoms with E-state index >= 15 is 0 Å². The molecule has 0 atom stereocenters. The average Bonchev–Trinajstić information content (AvgIpc) is 2.49. The number of hydrogen-bond donors (Lipinski definition) is 1. The van der Waals surface area contributed by atoms with Crippen LogP contribution in [-0.4, -0.2) is 27.3 Å². The molecule has 5 heteroatoms. The largest absolute Gasteiger partial charge is 0.311 e. The lowest BCUT2D eigenvalue weighted by atomic mass is 10.2. The number of nitrogens with one attached hydrogen (secondary N) is 1. The van der Waals surface area contributed by atoms with Gasteiger partial charge in [-0.2, -0.15) is 0 Å². The Labute approximate surface area is 109 Å². The second-order valence-corrected chi connectivity index (χ2v) is 6.99. The van der Waals surface area contributed by atoms with E-state index in [0.29, 0.717) is 13.1 Å². The number of benzene rings is 1. The van der Waals surface area contributed by atoms with Gasteiger partial charge in [-0.1, -0.05) is 32.0 Å². The minimum atomic E-state index is -3.23. The van der Waals surface area contributed by atoms with Crippen LogP contribution in [0, 0.1) is 5.92 Å². The lowest BCUT2D eigenvalue weighted by molar-refractivity contribution is 0.576. The van der Waals surface area contributed by atoms with Crippen molar-refractivity contribution in [1.82, 2.24) is 5.32 Å². The zero-order chi connectivity index (χ0) is 13.2. The van der Waals surface area contributed by atoms with Crippen LogP contribution in [0.5, 0.6) is 0 Å². The van der Waals surface area contributed by atoms with Gasteiger partial charge in [0.2, 0.25) is 10.0 Å². The fourth-order valence-corrected chi connectivity index (χ4v) is 4.10. The van der Waals surface area contributed by atoms with E-state index in [4.69, 9.17) is 0 Å². The molecule has 1 aromatic rings. The molecular weight excluding hydrogens is 248 g/mol. The Morgan fingerprint density at radius 2 is 2.06 bits per heavy atom. The highest BCUT2D eigenvalue weighted by molar-refractivity contribution is 7.92. The Balaban J connectivity index is 2.39. The Kier molecular flexibility index (Phi) is 3.92. The van der Waals surface area contributed by atoms with Crippen molar-refractivity contribution in [3.63, 3.8) is 0 Å². The van der Waals surface area contributed by atoms with Crippen LogP contribution in [0.2, 0.25) is 0 Å². The van der Waals surface area contributed by atoms with Crippen molar-refractivity contribution in [2.45, 2.75) is 20.4 Å². The van der Waals surface area contributed by atoms with E-state index in [1.807, 2.05) is 38.1 Å². The first-order valence-electron chi connectivity index (χ1n) is 6.30. The summed E-state index contributed by atoms with van der Waals surface area (Å²) in [6.45, 7) is 5.78. The van der Waals surface area contributed by atoms with Crippen LogP contribution in [0.15, 0.2) is 24.3 Å². The van der Waals surface area contributed by atoms with E-state index in [1.54, 1.807) is 4.31 Å².